The van der Waals surface area contributed by atoms with Gasteiger partial charge in [0.2, 0.25) is 5.91 Å². The number of urea groups is 1. The molecular weight excluding hydrogens is 390 g/mol. The highest BCUT2D eigenvalue weighted by Gasteiger charge is 2.23. The summed E-state index contributed by atoms with van der Waals surface area (Å²) < 4.78 is 6.00. The normalized spacial score (nSPS) is 16.7. The molecule has 3 amide bonds. The average Bonchev–Trinajstić information content (AvgIpc) is 2.74. The van der Waals surface area contributed by atoms with Crippen LogP contribution in [0, 0.1) is 5.92 Å². The molecule has 6 nitrogen and oxygen atoms in total. The van der Waals surface area contributed by atoms with Crippen molar-refractivity contribution in [1.29, 1.82) is 0 Å². The number of amides is 3. The second-order valence-electron chi connectivity index (χ2n) is 7.55. The maximum Gasteiger partial charge on any atom is 0.321 e. The minimum atomic E-state index is -0.0802. The van der Waals surface area contributed by atoms with Gasteiger partial charge in [-0.15, -0.1) is 0 Å². The average molecular weight is 414 g/mol. The minimum absolute atomic E-state index is 0.0676. The van der Waals surface area contributed by atoms with E-state index in [-0.39, 0.29) is 11.9 Å². The molecule has 0 radical (unpaired) electrons. The second kappa shape index (κ2) is 8.74. The molecule has 2 heterocycles. The highest BCUT2D eigenvalue weighted by atomic mass is 35.5. The van der Waals surface area contributed by atoms with Crippen molar-refractivity contribution in [3.8, 4) is 5.75 Å². The van der Waals surface area contributed by atoms with Gasteiger partial charge in [0.05, 0.1) is 6.61 Å². The van der Waals surface area contributed by atoms with Gasteiger partial charge in [-0.2, -0.15) is 0 Å². The summed E-state index contributed by atoms with van der Waals surface area (Å²) in [4.78, 5) is 25.7. The van der Waals surface area contributed by atoms with Gasteiger partial charge >= 0.3 is 6.03 Å². The maximum absolute atomic E-state index is 12.4. The predicted octanol–water partition coefficient (Wildman–Crippen LogP) is 4.55. The van der Waals surface area contributed by atoms with E-state index < -0.39 is 0 Å². The Bertz CT molecular complexity index is 893. The monoisotopic (exact) mass is 413 g/mol. The SMILES string of the molecule is O=C1CCc2cc(OCC3CCN(C(=O)Nc4ccc(Cl)cc4)CC3)ccc2N1. The standard InChI is InChI=1S/C22H24ClN3O3/c23-17-2-4-18(5-3-17)24-22(28)26-11-9-15(10-12-26)14-29-19-6-7-20-16(13-19)1-8-21(27)25-20/h2-7,13,15H,1,8-12,14H2,(H,24,28)(H,25,27). The fraction of sp³-hybridized carbons (Fsp3) is 0.364. The summed E-state index contributed by atoms with van der Waals surface area (Å²) >= 11 is 5.88. The number of halogens is 1. The van der Waals surface area contributed by atoms with Crippen molar-refractivity contribution >= 4 is 34.9 Å². The van der Waals surface area contributed by atoms with E-state index in [9.17, 15) is 9.59 Å². The van der Waals surface area contributed by atoms with Crippen molar-refractivity contribution in [2.45, 2.75) is 25.7 Å². The van der Waals surface area contributed by atoms with Crippen LogP contribution in [0.4, 0.5) is 16.2 Å². The Hall–Kier alpha value is -2.73. The van der Waals surface area contributed by atoms with Crippen molar-refractivity contribution in [3.05, 3.63) is 53.1 Å². The van der Waals surface area contributed by atoms with Crippen LogP contribution in [0.5, 0.6) is 5.75 Å². The van der Waals surface area contributed by atoms with Crippen LogP contribution in [0.3, 0.4) is 0 Å². The molecule has 0 aromatic heterocycles. The fourth-order valence-electron chi connectivity index (χ4n) is 3.70. The van der Waals surface area contributed by atoms with Gasteiger partial charge < -0.3 is 20.3 Å². The number of piperidine rings is 1. The summed E-state index contributed by atoms with van der Waals surface area (Å²) in [6, 6.07) is 12.9. The van der Waals surface area contributed by atoms with E-state index in [2.05, 4.69) is 10.6 Å². The van der Waals surface area contributed by atoms with Crippen LogP contribution in [0.2, 0.25) is 5.02 Å². The summed E-state index contributed by atoms with van der Waals surface area (Å²) in [5, 5.41) is 6.44. The van der Waals surface area contributed by atoms with E-state index >= 15 is 0 Å². The van der Waals surface area contributed by atoms with Crippen LogP contribution in [0.1, 0.15) is 24.8 Å². The van der Waals surface area contributed by atoms with Crippen LogP contribution >= 0.6 is 11.6 Å². The number of carbonyl (C=O) groups is 2. The molecule has 0 unspecified atom stereocenters. The van der Waals surface area contributed by atoms with Crippen LogP contribution in [-0.4, -0.2) is 36.5 Å². The van der Waals surface area contributed by atoms with Gasteiger partial charge in [-0.3, -0.25) is 4.79 Å². The van der Waals surface area contributed by atoms with Gasteiger partial charge in [0.25, 0.3) is 0 Å². The Morgan fingerprint density at radius 3 is 2.66 bits per heavy atom. The lowest BCUT2D eigenvalue weighted by atomic mass is 9.98. The summed E-state index contributed by atoms with van der Waals surface area (Å²) in [7, 11) is 0. The first-order chi connectivity index (χ1) is 14.1. The van der Waals surface area contributed by atoms with Crippen molar-refractivity contribution in [2.75, 3.05) is 30.3 Å². The quantitative estimate of drug-likeness (QED) is 0.772. The van der Waals surface area contributed by atoms with Crippen LogP contribution < -0.4 is 15.4 Å². The number of ether oxygens (including phenoxy) is 1. The zero-order valence-corrected chi connectivity index (χ0v) is 16.9. The lowest BCUT2D eigenvalue weighted by Gasteiger charge is -2.32. The lowest BCUT2D eigenvalue weighted by Crippen LogP contribution is -2.42. The molecule has 0 aliphatic carbocycles. The molecule has 0 saturated carbocycles. The predicted molar refractivity (Wildman–Crippen MR) is 114 cm³/mol. The first-order valence-electron chi connectivity index (χ1n) is 9.94. The van der Waals surface area contributed by atoms with Gasteiger partial charge in [-0.1, -0.05) is 11.6 Å². The van der Waals surface area contributed by atoms with E-state index in [0.29, 0.717) is 37.1 Å². The number of rotatable bonds is 4. The first-order valence-corrected chi connectivity index (χ1v) is 10.3. The van der Waals surface area contributed by atoms with Crippen LogP contribution in [0.25, 0.3) is 0 Å². The molecule has 2 aliphatic heterocycles. The Labute approximate surface area is 175 Å². The van der Waals surface area contributed by atoms with E-state index in [1.54, 1.807) is 24.3 Å². The smallest absolute Gasteiger partial charge is 0.321 e. The number of hydrogen-bond acceptors (Lipinski definition) is 3. The molecule has 0 spiro atoms. The van der Waals surface area contributed by atoms with Gasteiger partial charge in [-0.05, 0) is 73.2 Å². The van der Waals surface area contributed by atoms with Crippen LogP contribution in [-0.2, 0) is 11.2 Å². The van der Waals surface area contributed by atoms with E-state index in [0.717, 1.165) is 42.0 Å². The molecule has 7 heteroatoms. The fourth-order valence-corrected chi connectivity index (χ4v) is 3.83. The second-order valence-corrected chi connectivity index (χ2v) is 7.98. The molecule has 1 saturated heterocycles. The molecule has 2 aromatic rings. The molecule has 2 aliphatic rings. The summed E-state index contributed by atoms with van der Waals surface area (Å²) in [6.07, 6.45) is 3.09. The number of likely N-dealkylation sites (tertiary alicyclic amines) is 1. The third kappa shape index (κ3) is 5.01. The first kappa shape index (κ1) is 19.6. The number of nitrogens with one attached hydrogen (secondary N) is 2. The number of nitrogens with zero attached hydrogens (tertiary/aromatic N) is 1. The van der Waals surface area contributed by atoms with Gasteiger partial charge in [0, 0.05) is 35.9 Å². The number of fused-ring (bicyclic) bond motifs is 1. The van der Waals surface area contributed by atoms with E-state index in [1.807, 2.05) is 23.1 Å². The Morgan fingerprint density at radius 2 is 1.90 bits per heavy atom. The molecule has 2 aromatic carbocycles. The molecule has 2 N–H and O–H groups in total. The molecular formula is C22H24ClN3O3. The van der Waals surface area contributed by atoms with E-state index in [4.69, 9.17) is 16.3 Å². The minimum Gasteiger partial charge on any atom is -0.493 e. The summed E-state index contributed by atoms with van der Waals surface area (Å²) in [5.74, 6) is 1.33. The highest BCUT2D eigenvalue weighted by Crippen LogP contribution is 2.28. The third-order valence-electron chi connectivity index (χ3n) is 5.46. The number of benzene rings is 2. The van der Waals surface area contributed by atoms with Crippen LogP contribution in [0.15, 0.2) is 42.5 Å². The zero-order chi connectivity index (χ0) is 20.2. The molecule has 4 rings (SSSR count). The van der Waals surface area contributed by atoms with Gasteiger partial charge in [0.15, 0.2) is 0 Å². The molecule has 152 valence electrons. The van der Waals surface area contributed by atoms with Crippen molar-refractivity contribution in [2.24, 2.45) is 5.92 Å². The summed E-state index contributed by atoms with van der Waals surface area (Å²) in [5.41, 5.74) is 2.75. The largest absolute Gasteiger partial charge is 0.493 e. The molecule has 29 heavy (non-hydrogen) atoms. The Balaban J connectivity index is 1.23. The number of carbonyl (C=O) groups excluding carboxylic acids is 2. The Kier molecular flexibility index (Phi) is 5.90. The molecule has 0 bridgehead atoms. The number of anilines is 2. The van der Waals surface area contributed by atoms with Crippen molar-refractivity contribution < 1.29 is 14.3 Å². The maximum atomic E-state index is 12.4. The number of aryl methyl sites for hydroxylation is 1. The van der Waals surface area contributed by atoms with Gasteiger partial charge in [-0.25, -0.2) is 4.79 Å². The number of hydrogen-bond donors (Lipinski definition) is 2. The topological polar surface area (TPSA) is 70.7 Å². The van der Waals surface area contributed by atoms with Gasteiger partial charge in [0.1, 0.15) is 5.75 Å². The lowest BCUT2D eigenvalue weighted by molar-refractivity contribution is -0.116. The van der Waals surface area contributed by atoms with E-state index in [1.165, 1.54) is 0 Å². The Morgan fingerprint density at radius 1 is 1.14 bits per heavy atom. The summed E-state index contributed by atoms with van der Waals surface area (Å²) in [6.45, 7) is 2.06. The highest BCUT2D eigenvalue weighted by molar-refractivity contribution is 6.30. The van der Waals surface area contributed by atoms with Crippen molar-refractivity contribution in [3.63, 3.8) is 0 Å². The molecule has 1 fully saturated rings. The zero-order valence-electron chi connectivity index (χ0n) is 16.1. The van der Waals surface area contributed by atoms with Crippen molar-refractivity contribution in [1.82, 2.24) is 4.90 Å². The molecule has 0 atom stereocenters. The third-order valence-corrected chi connectivity index (χ3v) is 5.71.